The fraction of sp³-hybridized carbons (Fsp3) is 0.947. The first-order chi connectivity index (χ1) is 12.3. The predicted octanol–water partition coefficient (Wildman–Crippen LogP) is 2.23. The molecule has 0 aromatic carbocycles. The van der Waals surface area contributed by atoms with Crippen molar-refractivity contribution in [3.63, 3.8) is 0 Å². The Bertz CT molecular complexity index is 410. The van der Waals surface area contributed by atoms with Crippen molar-refractivity contribution in [2.45, 2.75) is 57.1 Å². The number of nitrogens with one attached hydrogen (secondary N) is 2. The van der Waals surface area contributed by atoms with Gasteiger partial charge in [-0.15, -0.1) is 24.0 Å². The van der Waals surface area contributed by atoms with Gasteiger partial charge in [-0.2, -0.15) is 0 Å². The molecule has 2 N–H and O–H groups in total. The first-order valence-electron chi connectivity index (χ1n) is 10.2. The second-order valence-corrected chi connectivity index (χ2v) is 7.66. The van der Waals surface area contributed by atoms with E-state index in [1.54, 1.807) is 0 Å². The highest BCUT2D eigenvalue weighted by Gasteiger charge is 2.33. The van der Waals surface area contributed by atoms with Crippen LogP contribution in [-0.4, -0.2) is 76.1 Å². The lowest BCUT2D eigenvalue weighted by atomic mass is 10.2. The summed E-state index contributed by atoms with van der Waals surface area (Å²) in [7, 11) is 1.84. The largest absolute Gasteiger partial charge is 0.379 e. The van der Waals surface area contributed by atoms with E-state index in [-0.39, 0.29) is 24.0 Å². The molecule has 1 heterocycles. The second kappa shape index (κ2) is 12.4. The van der Waals surface area contributed by atoms with Crippen molar-refractivity contribution in [3.05, 3.63) is 0 Å². The summed E-state index contributed by atoms with van der Waals surface area (Å²) in [4.78, 5) is 6.99. The Kier molecular flexibility index (Phi) is 10.5. The molecule has 3 rings (SSSR count). The standard InChI is InChI=1S/C19H36N4O2.HI/c1-20-19(21-9-3-12-24-15-18-4-2-13-25-18)22-10-11-23(17-7-8-17)14-16-5-6-16;/h16-18H,2-15H2,1H3,(H2,20,21,22);1H. The molecule has 3 aliphatic rings. The van der Waals surface area contributed by atoms with Crippen LogP contribution in [0.15, 0.2) is 4.99 Å². The van der Waals surface area contributed by atoms with Crippen LogP contribution in [0.25, 0.3) is 0 Å². The van der Waals surface area contributed by atoms with Gasteiger partial charge in [0.2, 0.25) is 0 Å². The molecule has 1 atom stereocenters. The highest BCUT2D eigenvalue weighted by atomic mass is 127. The third kappa shape index (κ3) is 8.71. The van der Waals surface area contributed by atoms with Crippen LogP contribution in [0.4, 0.5) is 0 Å². The van der Waals surface area contributed by atoms with Crippen LogP contribution in [0, 0.1) is 5.92 Å². The zero-order valence-electron chi connectivity index (χ0n) is 16.3. The van der Waals surface area contributed by atoms with Crippen molar-refractivity contribution in [3.8, 4) is 0 Å². The maximum absolute atomic E-state index is 5.69. The number of hydrogen-bond acceptors (Lipinski definition) is 4. The smallest absolute Gasteiger partial charge is 0.191 e. The SMILES string of the molecule is CN=C(NCCCOCC1CCCO1)NCCN(CC1CC1)C1CC1.I. The Hall–Kier alpha value is -0.120. The highest BCUT2D eigenvalue weighted by molar-refractivity contribution is 14.0. The number of guanidine groups is 1. The van der Waals surface area contributed by atoms with Crippen LogP contribution in [0.5, 0.6) is 0 Å². The summed E-state index contributed by atoms with van der Waals surface area (Å²) in [5, 5.41) is 6.83. The summed E-state index contributed by atoms with van der Waals surface area (Å²) >= 11 is 0. The summed E-state index contributed by atoms with van der Waals surface area (Å²) in [5.74, 6) is 1.88. The van der Waals surface area contributed by atoms with Gasteiger partial charge in [0.05, 0.1) is 12.7 Å². The zero-order valence-corrected chi connectivity index (χ0v) is 18.6. The zero-order chi connectivity index (χ0) is 17.3. The average molecular weight is 480 g/mol. The molecule has 1 unspecified atom stereocenters. The molecule has 2 aliphatic carbocycles. The van der Waals surface area contributed by atoms with E-state index in [0.717, 1.165) is 70.2 Å². The number of halogens is 1. The summed E-state index contributed by atoms with van der Waals surface area (Å²) in [6.45, 7) is 6.72. The Balaban J connectivity index is 0.00000243. The lowest BCUT2D eigenvalue weighted by Crippen LogP contribution is -2.43. The van der Waals surface area contributed by atoms with Gasteiger partial charge in [0.1, 0.15) is 0 Å². The van der Waals surface area contributed by atoms with E-state index in [1.165, 1.54) is 38.6 Å². The van der Waals surface area contributed by atoms with Crippen LogP contribution in [0.2, 0.25) is 0 Å². The number of aliphatic imine (C=N–C) groups is 1. The first-order valence-corrected chi connectivity index (χ1v) is 10.2. The van der Waals surface area contributed by atoms with Crippen molar-refractivity contribution in [2.24, 2.45) is 10.9 Å². The van der Waals surface area contributed by atoms with Crippen LogP contribution in [0.1, 0.15) is 44.9 Å². The van der Waals surface area contributed by atoms with Gasteiger partial charge in [-0.1, -0.05) is 0 Å². The fourth-order valence-electron chi connectivity index (χ4n) is 3.40. The predicted molar refractivity (Wildman–Crippen MR) is 117 cm³/mol. The first kappa shape index (κ1) is 22.2. The molecule has 1 saturated heterocycles. The van der Waals surface area contributed by atoms with Crippen molar-refractivity contribution in [1.82, 2.24) is 15.5 Å². The number of hydrogen-bond donors (Lipinski definition) is 2. The van der Waals surface area contributed by atoms with Gasteiger partial charge in [0.25, 0.3) is 0 Å². The summed E-state index contributed by atoms with van der Waals surface area (Å²) in [6.07, 6.45) is 9.31. The van der Waals surface area contributed by atoms with E-state index in [1.807, 2.05) is 7.05 Å². The Labute approximate surface area is 175 Å². The van der Waals surface area contributed by atoms with Crippen LogP contribution in [-0.2, 0) is 9.47 Å². The Morgan fingerprint density at radius 3 is 2.62 bits per heavy atom. The number of ether oxygens (including phenoxy) is 2. The van der Waals surface area contributed by atoms with E-state index in [0.29, 0.717) is 6.10 Å². The molecule has 0 aromatic heterocycles. The Morgan fingerprint density at radius 2 is 1.96 bits per heavy atom. The van der Waals surface area contributed by atoms with Crippen LogP contribution >= 0.6 is 24.0 Å². The van der Waals surface area contributed by atoms with E-state index in [4.69, 9.17) is 9.47 Å². The van der Waals surface area contributed by atoms with E-state index >= 15 is 0 Å². The van der Waals surface area contributed by atoms with Gasteiger partial charge in [0, 0.05) is 52.5 Å². The van der Waals surface area contributed by atoms with E-state index in [9.17, 15) is 0 Å². The molecule has 0 radical (unpaired) electrons. The third-order valence-electron chi connectivity index (χ3n) is 5.25. The van der Waals surface area contributed by atoms with Gasteiger partial charge < -0.3 is 20.1 Å². The summed E-state index contributed by atoms with van der Waals surface area (Å²) in [5.41, 5.74) is 0. The highest BCUT2D eigenvalue weighted by Crippen LogP contribution is 2.34. The number of rotatable bonds is 12. The molecular formula is C19H37IN4O2. The summed E-state index contributed by atoms with van der Waals surface area (Å²) in [6, 6.07) is 0.860. The average Bonchev–Trinajstić information content (AvgIpc) is 3.55. The monoisotopic (exact) mass is 480 g/mol. The molecule has 6 nitrogen and oxygen atoms in total. The maximum atomic E-state index is 5.69. The van der Waals surface area contributed by atoms with Gasteiger partial charge in [-0.3, -0.25) is 9.89 Å². The topological polar surface area (TPSA) is 58.1 Å². The molecular weight excluding hydrogens is 443 g/mol. The van der Waals surface area contributed by atoms with Crippen LogP contribution < -0.4 is 10.6 Å². The van der Waals surface area contributed by atoms with Crippen molar-refractivity contribution < 1.29 is 9.47 Å². The van der Waals surface area contributed by atoms with Gasteiger partial charge in [-0.05, 0) is 50.9 Å². The van der Waals surface area contributed by atoms with Crippen molar-refractivity contribution >= 4 is 29.9 Å². The van der Waals surface area contributed by atoms with E-state index < -0.39 is 0 Å². The second-order valence-electron chi connectivity index (χ2n) is 7.66. The molecule has 3 fully saturated rings. The fourth-order valence-corrected chi connectivity index (χ4v) is 3.40. The van der Waals surface area contributed by atoms with Gasteiger partial charge in [0.15, 0.2) is 5.96 Å². The minimum absolute atomic E-state index is 0. The van der Waals surface area contributed by atoms with Gasteiger partial charge in [-0.25, -0.2) is 0 Å². The molecule has 0 amide bonds. The lowest BCUT2D eigenvalue weighted by Gasteiger charge is -2.22. The molecule has 26 heavy (non-hydrogen) atoms. The summed E-state index contributed by atoms with van der Waals surface area (Å²) < 4.78 is 11.2. The van der Waals surface area contributed by atoms with E-state index in [2.05, 4.69) is 20.5 Å². The number of nitrogens with zero attached hydrogens (tertiary/aromatic N) is 2. The molecule has 0 spiro atoms. The minimum Gasteiger partial charge on any atom is -0.379 e. The maximum Gasteiger partial charge on any atom is 0.191 e. The van der Waals surface area contributed by atoms with Crippen LogP contribution in [0.3, 0.4) is 0 Å². The van der Waals surface area contributed by atoms with Crippen molar-refractivity contribution in [1.29, 1.82) is 0 Å². The molecule has 1 aliphatic heterocycles. The quantitative estimate of drug-likeness (QED) is 0.194. The minimum atomic E-state index is 0. The Morgan fingerprint density at radius 1 is 1.15 bits per heavy atom. The molecule has 0 bridgehead atoms. The van der Waals surface area contributed by atoms with Crippen molar-refractivity contribution in [2.75, 3.05) is 53.0 Å². The third-order valence-corrected chi connectivity index (χ3v) is 5.25. The molecule has 0 aromatic rings. The molecule has 7 heteroatoms. The normalized spacial score (nSPS) is 23.2. The van der Waals surface area contributed by atoms with Gasteiger partial charge >= 0.3 is 0 Å². The lowest BCUT2D eigenvalue weighted by molar-refractivity contribution is 0.0168. The molecule has 152 valence electrons. The molecule has 2 saturated carbocycles.